The number of urea groups is 1. The fourth-order valence-corrected chi connectivity index (χ4v) is 3.54. The number of hydrogen-bond acceptors (Lipinski definition) is 7. The summed E-state index contributed by atoms with van der Waals surface area (Å²) in [6, 6.07) is 4.62. The Labute approximate surface area is 131 Å². The van der Waals surface area contributed by atoms with Crippen LogP contribution < -0.4 is 19.1 Å². The van der Waals surface area contributed by atoms with Crippen LogP contribution in [0.4, 0.5) is 16.3 Å². The van der Waals surface area contributed by atoms with Crippen LogP contribution in [0.1, 0.15) is 0 Å². The van der Waals surface area contributed by atoms with Crippen molar-refractivity contribution in [1.29, 1.82) is 0 Å². The van der Waals surface area contributed by atoms with Crippen molar-refractivity contribution in [2.45, 2.75) is 4.90 Å². The Morgan fingerprint density at radius 3 is 2.43 bits per heavy atom. The maximum atomic E-state index is 12.7. The SMILES string of the molecule is COc1cc(N2C(=O)Nc3ncccc3S2(=O)=O)cc(OC)n1. The summed E-state index contributed by atoms with van der Waals surface area (Å²) < 4.78 is 36.1. The molecule has 1 aliphatic rings. The van der Waals surface area contributed by atoms with E-state index in [9.17, 15) is 13.2 Å². The zero-order valence-corrected chi connectivity index (χ0v) is 13.0. The van der Waals surface area contributed by atoms with E-state index in [1.54, 1.807) is 0 Å². The average Bonchev–Trinajstić information content (AvgIpc) is 2.54. The van der Waals surface area contributed by atoms with Crippen LogP contribution in [0.15, 0.2) is 35.4 Å². The van der Waals surface area contributed by atoms with Gasteiger partial charge in [0.2, 0.25) is 11.8 Å². The average molecular weight is 336 g/mol. The van der Waals surface area contributed by atoms with E-state index < -0.39 is 16.1 Å². The van der Waals surface area contributed by atoms with Crippen molar-refractivity contribution in [3.8, 4) is 11.8 Å². The van der Waals surface area contributed by atoms with Gasteiger partial charge in [0.05, 0.1) is 19.9 Å². The minimum atomic E-state index is -4.12. The number of carbonyl (C=O) groups is 1. The van der Waals surface area contributed by atoms with Crippen LogP contribution in [0.25, 0.3) is 0 Å². The first-order chi connectivity index (χ1) is 11.0. The van der Waals surface area contributed by atoms with E-state index in [0.717, 1.165) is 0 Å². The van der Waals surface area contributed by atoms with Crippen molar-refractivity contribution in [3.05, 3.63) is 30.5 Å². The molecule has 0 saturated heterocycles. The lowest BCUT2D eigenvalue weighted by Crippen LogP contribution is -2.44. The lowest BCUT2D eigenvalue weighted by Gasteiger charge is -2.28. The Balaban J connectivity index is 2.19. The molecule has 10 heteroatoms. The van der Waals surface area contributed by atoms with Crippen LogP contribution in [0, 0.1) is 0 Å². The highest BCUT2D eigenvalue weighted by Gasteiger charge is 2.39. The van der Waals surface area contributed by atoms with Crippen molar-refractivity contribution in [2.75, 3.05) is 23.8 Å². The summed E-state index contributed by atoms with van der Waals surface area (Å²) in [5.41, 5.74) is 0.0423. The largest absolute Gasteiger partial charge is 0.481 e. The minimum absolute atomic E-state index is 0.0123. The number of nitrogens with zero attached hydrogens (tertiary/aromatic N) is 3. The van der Waals surface area contributed by atoms with E-state index in [-0.39, 0.29) is 28.2 Å². The molecule has 0 radical (unpaired) electrons. The zero-order valence-electron chi connectivity index (χ0n) is 12.2. The van der Waals surface area contributed by atoms with Crippen molar-refractivity contribution >= 4 is 27.6 Å². The molecule has 120 valence electrons. The van der Waals surface area contributed by atoms with Crippen LogP contribution in [0.5, 0.6) is 11.8 Å². The Morgan fingerprint density at radius 1 is 1.17 bits per heavy atom. The fourth-order valence-electron chi connectivity index (χ4n) is 2.10. The minimum Gasteiger partial charge on any atom is -0.481 e. The normalized spacial score (nSPS) is 15.6. The summed E-state index contributed by atoms with van der Waals surface area (Å²) in [4.78, 5) is 20.0. The summed E-state index contributed by atoms with van der Waals surface area (Å²) in [6.07, 6.45) is 1.39. The molecule has 23 heavy (non-hydrogen) atoms. The van der Waals surface area contributed by atoms with Crippen LogP contribution >= 0.6 is 0 Å². The van der Waals surface area contributed by atoms with Gasteiger partial charge < -0.3 is 9.47 Å². The van der Waals surface area contributed by atoms with Gasteiger partial charge in [0, 0.05) is 18.3 Å². The van der Waals surface area contributed by atoms with Gasteiger partial charge in [-0.3, -0.25) is 5.32 Å². The van der Waals surface area contributed by atoms with E-state index in [1.807, 2.05) is 0 Å². The van der Waals surface area contributed by atoms with Gasteiger partial charge in [0.1, 0.15) is 4.90 Å². The number of nitrogens with one attached hydrogen (secondary N) is 1. The van der Waals surface area contributed by atoms with Gasteiger partial charge in [-0.1, -0.05) is 0 Å². The maximum absolute atomic E-state index is 12.7. The molecule has 2 aromatic heterocycles. The Morgan fingerprint density at radius 2 is 1.83 bits per heavy atom. The topological polar surface area (TPSA) is 111 Å². The molecular weight excluding hydrogens is 324 g/mol. The summed E-state index contributed by atoms with van der Waals surface area (Å²) in [6.45, 7) is 0. The maximum Gasteiger partial charge on any atom is 0.341 e. The van der Waals surface area contributed by atoms with E-state index >= 15 is 0 Å². The number of hydrogen-bond donors (Lipinski definition) is 1. The third-order valence-corrected chi connectivity index (χ3v) is 4.86. The zero-order chi connectivity index (χ0) is 16.6. The number of rotatable bonds is 3. The van der Waals surface area contributed by atoms with E-state index in [2.05, 4.69) is 15.3 Å². The van der Waals surface area contributed by atoms with Gasteiger partial charge in [0.15, 0.2) is 5.82 Å². The van der Waals surface area contributed by atoms with Gasteiger partial charge in [-0.2, -0.15) is 9.29 Å². The third-order valence-electron chi connectivity index (χ3n) is 3.11. The van der Waals surface area contributed by atoms with Crippen molar-refractivity contribution in [3.63, 3.8) is 0 Å². The highest BCUT2D eigenvalue weighted by Crippen LogP contribution is 2.34. The highest BCUT2D eigenvalue weighted by molar-refractivity contribution is 7.94. The van der Waals surface area contributed by atoms with Crippen molar-refractivity contribution in [2.24, 2.45) is 0 Å². The summed E-state index contributed by atoms with van der Waals surface area (Å²) in [5.74, 6) is 0.209. The third kappa shape index (κ3) is 2.42. The highest BCUT2D eigenvalue weighted by atomic mass is 32.2. The lowest BCUT2D eigenvalue weighted by atomic mass is 10.4. The molecule has 0 atom stereocenters. The summed E-state index contributed by atoms with van der Waals surface area (Å²) >= 11 is 0. The standard InChI is InChI=1S/C13H12N4O5S/c1-21-10-6-8(7-11(15-10)22-2)17-13(18)16-12-9(23(17,19)20)4-3-5-14-12/h3-7H,1-2H3,(H,14,16,18). The van der Waals surface area contributed by atoms with Crippen LogP contribution in [-0.4, -0.2) is 38.6 Å². The predicted molar refractivity (Wildman–Crippen MR) is 80.3 cm³/mol. The van der Waals surface area contributed by atoms with Crippen molar-refractivity contribution < 1.29 is 22.7 Å². The Bertz CT molecular complexity index is 861. The summed E-state index contributed by atoms with van der Waals surface area (Å²) in [7, 11) is -1.37. The van der Waals surface area contributed by atoms with Gasteiger partial charge in [0.25, 0.3) is 10.0 Å². The molecule has 0 spiro atoms. The van der Waals surface area contributed by atoms with E-state index in [0.29, 0.717) is 4.31 Å². The molecule has 0 aromatic carbocycles. The molecule has 0 fully saturated rings. The molecule has 0 aliphatic carbocycles. The lowest BCUT2D eigenvalue weighted by molar-refractivity contribution is 0.259. The first kappa shape index (κ1) is 15.0. The number of ether oxygens (including phenoxy) is 2. The number of methoxy groups -OCH3 is 2. The number of anilines is 2. The number of aromatic nitrogens is 2. The van der Waals surface area contributed by atoms with E-state index in [4.69, 9.17) is 9.47 Å². The molecule has 3 heterocycles. The molecule has 2 amide bonds. The predicted octanol–water partition coefficient (Wildman–Crippen LogP) is 1.23. The van der Waals surface area contributed by atoms with Crippen molar-refractivity contribution in [1.82, 2.24) is 9.97 Å². The molecule has 0 saturated carbocycles. The number of fused-ring (bicyclic) bond motifs is 1. The number of sulfonamides is 1. The molecule has 3 rings (SSSR count). The van der Waals surface area contributed by atoms with Crippen LogP contribution in [0.3, 0.4) is 0 Å². The van der Waals surface area contributed by atoms with Gasteiger partial charge in [-0.25, -0.2) is 18.2 Å². The van der Waals surface area contributed by atoms with E-state index in [1.165, 1.54) is 44.7 Å². The second-order valence-corrected chi connectivity index (χ2v) is 6.21. The van der Waals surface area contributed by atoms with Gasteiger partial charge in [-0.05, 0) is 12.1 Å². The molecule has 0 unspecified atom stereocenters. The van der Waals surface area contributed by atoms with Crippen LogP contribution in [-0.2, 0) is 10.0 Å². The number of amides is 2. The molecule has 1 N–H and O–H groups in total. The Kier molecular flexibility index (Phi) is 3.52. The van der Waals surface area contributed by atoms with Crippen LogP contribution in [0.2, 0.25) is 0 Å². The molecule has 2 aromatic rings. The molecular formula is C13H12N4O5S. The summed E-state index contributed by atoms with van der Waals surface area (Å²) in [5, 5.41) is 2.43. The number of carbonyl (C=O) groups excluding carboxylic acids is 1. The molecule has 1 aliphatic heterocycles. The quantitative estimate of drug-likeness (QED) is 0.897. The Hall–Kier alpha value is -2.88. The van der Waals surface area contributed by atoms with Gasteiger partial charge >= 0.3 is 6.03 Å². The first-order valence-corrected chi connectivity index (χ1v) is 7.83. The monoisotopic (exact) mass is 336 g/mol. The second-order valence-electron chi connectivity index (χ2n) is 4.46. The first-order valence-electron chi connectivity index (χ1n) is 6.39. The molecule has 9 nitrogen and oxygen atoms in total. The molecule has 0 bridgehead atoms. The second kappa shape index (κ2) is 5.39. The smallest absolute Gasteiger partial charge is 0.341 e. The number of pyridine rings is 2. The van der Waals surface area contributed by atoms with Gasteiger partial charge in [-0.15, -0.1) is 0 Å². The fraction of sp³-hybridized carbons (Fsp3) is 0.154.